The molecule has 0 saturated carbocycles. The largest absolute Gasteiger partial charge is 0.353 e. The first-order valence-corrected chi connectivity index (χ1v) is 5.20. The molecule has 1 amide bonds. The van der Waals surface area contributed by atoms with Crippen molar-refractivity contribution in [1.29, 1.82) is 0 Å². The van der Waals surface area contributed by atoms with Gasteiger partial charge >= 0.3 is 0 Å². The predicted octanol–water partition coefficient (Wildman–Crippen LogP) is 0.734. The van der Waals surface area contributed by atoms with Gasteiger partial charge in [-0.25, -0.2) is 13.2 Å². The van der Waals surface area contributed by atoms with Gasteiger partial charge in [-0.2, -0.15) is 0 Å². The number of hydrogen-bond acceptors (Lipinski definition) is 2. The third kappa shape index (κ3) is 2.58. The van der Waals surface area contributed by atoms with E-state index >= 15 is 0 Å². The Bertz CT molecular complexity index is 441. The molecule has 0 bridgehead atoms. The van der Waals surface area contributed by atoms with E-state index in [-0.39, 0.29) is 30.5 Å². The molecule has 1 aromatic rings. The van der Waals surface area contributed by atoms with Crippen molar-refractivity contribution in [3.05, 3.63) is 35.1 Å². The number of amides is 1. The van der Waals surface area contributed by atoms with E-state index in [4.69, 9.17) is 0 Å². The average Bonchev–Trinajstić information content (AvgIpc) is 2.33. The molecule has 1 heterocycles. The number of nitrogens with one attached hydrogen (secondary N) is 2. The summed E-state index contributed by atoms with van der Waals surface area (Å²) in [4.78, 5) is 10.9. The summed E-state index contributed by atoms with van der Waals surface area (Å²) in [6.07, 6.45) is 0.198. The third-order valence-corrected chi connectivity index (χ3v) is 2.68. The summed E-state index contributed by atoms with van der Waals surface area (Å²) in [6, 6.07) is 1.94. The van der Waals surface area contributed by atoms with Crippen molar-refractivity contribution in [3.63, 3.8) is 0 Å². The third-order valence-electron chi connectivity index (χ3n) is 2.68. The van der Waals surface area contributed by atoms with Crippen LogP contribution in [0.25, 0.3) is 0 Å². The first-order chi connectivity index (χ1) is 8.08. The summed E-state index contributed by atoms with van der Waals surface area (Å²) in [7, 11) is 0. The summed E-state index contributed by atoms with van der Waals surface area (Å²) in [5, 5.41) is 5.49. The predicted molar refractivity (Wildman–Crippen MR) is 54.8 cm³/mol. The monoisotopic (exact) mass is 244 g/mol. The Labute approximate surface area is 96.0 Å². The van der Waals surface area contributed by atoms with Crippen LogP contribution in [0.3, 0.4) is 0 Å². The van der Waals surface area contributed by atoms with E-state index in [2.05, 4.69) is 10.6 Å². The number of piperazine rings is 1. The Hall–Kier alpha value is -1.56. The summed E-state index contributed by atoms with van der Waals surface area (Å²) < 4.78 is 39.0. The zero-order chi connectivity index (χ0) is 12.4. The van der Waals surface area contributed by atoms with Crippen LogP contribution in [0.4, 0.5) is 13.2 Å². The van der Waals surface area contributed by atoms with E-state index in [1.54, 1.807) is 0 Å². The molecule has 6 heteroatoms. The lowest BCUT2D eigenvalue weighted by Gasteiger charge is -2.24. The highest BCUT2D eigenvalue weighted by Crippen LogP contribution is 2.16. The van der Waals surface area contributed by atoms with Crippen LogP contribution in [0.5, 0.6) is 0 Å². The van der Waals surface area contributed by atoms with E-state index in [0.717, 1.165) is 6.07 Å². The SMILES string of the molecule is O=C1CNC(Cc2ccc(F)c(F)c2F)CN1. The van der Waals surface area contributed by atoms with E-state index in [9.17, 15) is 18.0 Å². The summed E-state index contributed by atoms with van der Waals surface area (Å²) in [5.41, 5.74) is 0.0950. The van der Waals surface area contributed by atoms with Crippen LogP contribution >= 0.6 is 0 Å². The number of hydrogen-bond donors (Lipinski definition) is 2. The van der Waals surface area contributed by atoms with Gasteiger partial charge in [0.15, 0.2) is 17.5 Å². The fourth-order valence-corrected chi connectivity index (χ4v) is 1.74. The Morgan fingerprint density at radius 2 is 2.00 bits per heavy atom. The number of rotatable bonds is 2. The highest BCUT2D eigenvalue weighted by molar-refractivity contribution is 5.78. The quantitative estimate of drug-likeness (QED) is 0.753. The van der Waals surface area contributed by atoms with Crippen molar-refractivity contribution in [2.75, 3.05) is 13.1 Å². The van der Waals surface area contributed by atoms with Crippen LogP contribution in [0, 0.1) is 17.5 Å². The second-order valence-electron chi connectivity index (χ2n) is 3.92. The van der Waals surface area contributed by atoms with E-state index in [1.165, 1.54) is 6.07 Å². The Balaban J connectivity index is 2.09. The fourth-order valence-electron chi connectivity index (χ4n) is 1.74. The smallest absolute Gasteiger partial charge is 0.234 e. The van der Waals surface area contributed by atoms with Crippen molar-refractivity contribution in [1.82, 2.24) is 10.6 Å². The normalized spacial score (nSPS) is 20.2. The first kappa shape index (κ1) is 11.9. The minimum Gasteiger partial charge on any atom is -0.353 e. The molecule has 2 N–H and O–H groups in total. The molecule has 2 rings (SSSR count). The number of carbonyl (C=O) groups excluding carboxylic acids is 1. The molecule has 0 aromatic heterocycles. The van der Waals surface area contributed by atoms with Crippen molar-refractivity contribution in [3.8, 4) is 0 Å². The molecule has 92 valence electrons. The van der Waals surface area contributed by atoms with Crippen LogP contribution in [-0.4, -0.2) is 25.0 Å². The summed E-state index contributed by atoms with van der Waals surface area (Å²) in [6.45, 7) is 0.493. The van der Waals surface area contributed by atoms with Gasteiger partial charge in [0.25, 0.3) is 0 Å². The second-order valence-corrected chi connectivity index (χ2v) is 3.92. The van der Waals surface area contributed by atoms with Gasteiger partial charge in [0.1, 0.15) is 0 Å². The van der Waals surface area contributed by atoms with Gasteiger partial charge in [0.2, 0.25) is 5.91 Å². The van der Waals surface area contributed by atoms with Gasteiger partial charge in [-0.05, 0) is 18.1 Å². The highest BCUT2D eigenvalue weighted by Gasteiger charge is 2.20. The fraction of sp³-hybridized carbons (Fsp3) is 0.364. The maximum Gasteiger partial charge on any atom is 0.234 e. The molecular weight excluding hydrogens is 233 g/mol. The Morgan fingerprint density at radius 1 is 1.24 bits per heavy atom. The van der Waals surface area contributed by atoms with Crippen LogP contribution < -0.4 is 10.6 Å². The van der Waals surface area contributed by atoms with E-state index in [1.807, 2.05) is 0 Å². The van der Waals surface area contributed by atoms with Crippen molar-refractivity contribution >= 4 is 5.91 Å². The zero-order valence-corrected chi connectivity index (χ0v) is 8.90. The maximum absolute atomic E-state index is 13.4. The minimum absolute atomic E-state index is 0.0950. The van der Waals surface area contributed by atoms with Crippen molar-refractivity contribution < 1.29 is 18.0 Å². The number of carbonyl (C=O) groups is 1. The molecule has 1 aromatic carbocycles. The van der Waals surface area contributed by atoms with Gasteiger partial charge in [-0.3, -0.25) is 4.79 Å². The molecule has 0 spiro atoms. The van der Waals surface area contributed by atoms with Crippen LogP contribution in [-0.2, 0) is 11.2 Å². The lowest BCUT2D eigenvalue weighted by Crippen LogP contribution is -2.52. The van der Waals surface area contributed by atoms with Gasteiger partial charge in [0.05, 0.1) is 6.54 Å². The molecule has 0 aliphatic carbocycles. The first-order valence-electron chi connectivity index (χ1n) is 5.20. The van der Waals surface area contributed by atoms with Gasteiger partial charge < -0.3 is 10.6 Å². The maximum atomic E-state index is 13.4. The molecule has 1 atom stereocenters. The van der Waals surface area contributed by atoms with Gasteiger partial charge in [0, 0.05) is 12.6 Å². The molecular formula is C11H11F3N2O. The molecule has 1 saturated heterocycles. The molecule has 0 radical (unpaired) electrons. The van der Waals surface area contributed by atoms with Crippen LogP contribution in [0.2, 0.25) is 0 Å². The van der Waals surface area contributed by atoms with E-state index < -0.39 is 17.5 Å². The zero-order valence-electron chi connectivity index (χ0n) is 8.90. The molecule has 1 aliphatic rings. The summed E-state index contributed by atoms with van der Waals surface area (Å²) in [5.74, 6) is -3.95. The van der Waals surface area contributed by atoms with Crippen LogP contribution in [0.1, 0.15) is 5.56 Å². The standard InChI is InChI=1S/C11H11F3N2O/c12-8-2-1-6(10(13)11(8)14)3-7-4-16-9(17)5-15-7/h1-2,7,15H,3-5H2,(H,16,17). The van der Waals surface area contributed by atoms with Crippen molar-refractivity contribution in [2.24, 2.45) is 0 Å². The topological polar surface area (TPSA) is 41.1 Å². The molecule has 1 aliphatic heterocycles. The second kappa shape index (κ2) is 4.75. The molecule has 3 nitrogen and oxygen atoms in total. The Morgan fingerprint density at radius 3 is 2.65 bits per heavy atom. The highest BCUT2D eigenvalue weighted by atomic mass is 19.2. The number of halogens is 3. The summed E-state index contributed by atoms with van der Waals surface area (Å²) >= 11 is 0. The molecule has 1 fully saturated rings. The lowest BCUT2D eigenvalue weighted by molar-refractivity contribution is -0.121. The lowest BCUT2D eigenvalue weighted by atomic mass is 10.0. The minimum atomic E-state index is -1.46. The van der Waals surface area contributed by atoms with Crippen molar-refractivity contribution in [2.45, 2.75) is 12.5 Å². The Kier molecular flexibility index (Phi) is 3.33. The van der Waals surface area contributed by atoms with Gasteiger partial charge in [-0.1, -0.05) is 6.07 Å². The average molecular weight is 244 g/mol. The number of benzene rings is 1. The van der Waals surface area contributed by atoms with E-state index in [0.29, 0.717) is 6.54 Å². The molecule has 1 unspecified atom stereocenters. The van der Waals surface area contributed by atoms with Crippen LogP contribution in [0.15, 0.2) is 12.1 Å². The van der Waals surface area contributed by atoms with Gasteiger partial charge in [-0.15, -0.1) is 0 Å². The molecule has 17 heavy (non-hydrogen) atoms.